The Labute approximate surface area is 167 Å². The predicted octanol–water partition coefficient (Wildman–Crippen LogP) is 3.11. The van der Waals surface area contributed by atoms with Gasteiger partial charge in [-0.1, -0.05) is 35.9 Å². The van der Waals surface area contributed by atoms with Crippen molar-refractivity contribution in [3.63, 3.8) is 0 Å². The van der Waals surface area contributed by atoms with Crippen LogP contribution >= 0.6 is 11.6 Å². The molecule has 148 valence electrons. The fraction of sp³-hybridized carbons (Fsp3) is 0.381. The Morgan fingerprint density at radius 1 is 1.32 bits per heavy atom. The van der Waals surface area contributed by atoms with Crippen LogP contribution in [0.4, 0.5) is 0 Å². The van der Waals surface area contributed by atoms with E-state index in [0.717, 1.165) is 28.6 Å². The highest BCUT2D eigenvalue weighted by atomic mass is 35.5. The van der Waals surface area contributed by atoms with E-state index in [4.69, 9.17) is 11.6 Å². The molecule has 1 aromatic heterocycles. The minimum absolute atomic E-state index is 0.119. The van der Waals surface area contributed by atoms with Crippen molar-refractivity contribution in [3.8, 4) is 5.75 Å². The van der Waals surface area contributed by atoms with Crippen LogP contribution in [-0.4, -0.2) is 31.8 Å². The third kappa shape index (κ3) is 3.43. The van der Waals surface area contributed by atoms with E-state index in [-0.39, 0.29) is 23.5 Å². The Hall–Kier alpha value is -2.28. The Morgan fingerprint density at radius 2 is 2.11 bits per heavy atom. The maximum atomic E-state index is 12.2. The summed E-state index contributed by atoms with van der Waals surface area (Å²) in [6.07, 6.45) is 1.41. The standard InChI is InChI=1S/C21H24ClN3O3/c1-12(8-9-13-4-2-6-15(22)19(13)26)23-17-10-11-25-18-14(20(17)27)5-3-7-16(18)24-21(25)28/h2-7,12,17,20,23,26-27H,8-11H2,1H3,(H,24,28)/t12?,17-,20-/m1/s1. The topological polar surface area (TPSA) is 90.3 Å². The number of nitrogens with zero attached hydrogens (tertiary/aromatic N) is 1. The van der Waals surface area contributed by atoms with Gasteiger partial charge in [-0.05, 0) is 43.9 Å². The van der Waals surface area contributed by atoms with Crippen molar-refractivity contribution >= 4 is 22.6 Å². The number of aromatic nitrogens is 2. The summed E-state index contributed by atoms with van der Waals surface area (Å²) in [5.74, 6) is 0.135. The van der Waals surface area contributed by atoms with Crippen LogP contribution in [0.1, 0.15) is 37.0 Å². The molecule has 4 N–H and O–H groups in total. The van der Waals surface area contributed by atoms with E-state index in [9.17, 15) is 15.0 Å². The predicted molar refractivity (Wildman–Crippen MR) is 110 cm³/mol. The number of aliphatic hydroxyl groups excluding tert-OH is 1. The summed E-state index contributed by atoms with van der Waals surface area (Å²) >= 11 is 5.98. The second-order valence-electron chi connectivity index (χ2n) is 7.52. The van der Waals surface area contributed by atoms with Gasteiger partial charge in [0, 0.05) is 24.2 Å². The molecular formula is C21H24ClN3O3. The lowest BCUT2D eigenvalue weighted by atomic mass is 9.98. The van der Waals surface area contributed by atoms with Gasteiger partial charge in [0.15, 0.2) is 0 Å². The average molecular weight is 402 g/mol. The minimum atomic E-state index is -0.699. The molecule has 4 rings (SSSR count). The molecule has 6 nitrogen and oxygen atoms in total. The molecule has 0 fully saturated rings. The number of hydrogen-bond donors (Lipinski definition) is 4. The Balaban J connectivity index is 1.48. The van der Waals surface area contributed by atoms with E-state index in [1.54, 1.807) is 10.6 Å². The Bertz CT molecular complexity index is 1060. The molecule has 0 amide bonds. The van der Waals surface area contributed by atoms with Crippen LogP contribution in [-0.2, 0) is 13.0 Å². The number of rotatable bonds is 5. The number of aliphatic hydroxyl groups is 1. The fourth-order valence-corrected chi connectivity index (χ4v) is 4.29. The maximum Gasteiger partial charge on any atom is 0.326 e. The number of nitrogens with one attached hydrogen (secondary N) is 2. The highest BCUT2D eigenvalue weighted by Gasteiger charge is 2.29. The molecule has 1 aliphatic rings. The first-order chi connectivity index (χ1) is 13.5. The first-order valence-corrected chi connectivity index (χ1v) is 9.95. The van der Waals surface area contributed by atoms with Crippen molar-refractivity contribution in [2.24, 2.45) is 0 Å². The highest BCUT2D eigenvalue weighted by molar-refractivity contribution is 6.32. The van der Waals surface area contributed by atoms with Gasteiger partial charge >= 0.3 is 5.69 Å². The molecular weight excluding hydrogens is 378 g/mol. The van der Waals surface area contributed by atoms with Crippen molar-refractivity contribution in [2.45, 2.75) is 50.9 Å². The zero-order valence-corrected chi connectivity index (χ0v) is 16.4. The van der Waals surface area contributed by atoms with E-state index in [1.807, 2.05) is 30.3 Å². The number of phenolic OH excluding ortho intramolecular Hbond substituents is 1. The summed E-state index contributed by atoms with van der Waals surface area (Å²) in [6, 6.07) is 10.9. The Morgan fingerprint density at radius 3 is 2.93 bits per heavy atom. The van der Waals surface area contributed by atoms with Gasteiger partial charge in [-0.15, -0.1) is 0 Å². The molecule has 0 radical (unpaired) electrons. The van der Waals surface area contributed by atoms with Gasteiger partial charge in [-0.25, -0.2) is 4.79 Å². The van der Waals surface area contributed by atoms with Crippen LogP contribution in [0.5, 0.6) is 5.75 Å². The number of aryl methyl sites for hydroxylation is 2. The number of H-pyrrole nitrogens is 1. The molecule has 2 heterocycles. The van der Waals surface area contributed by atoms with Gasteiger partial charge in [0.1, 0.15) is 5.75 Å². The average Bonchev–Trinajstić information content (AvgIpc) is 2.93. The fourth-order valence-electron chi connectivity index (χ4n) is 4.10. The van der Waals surface area contributed by atoms with Crippen LogP contribution in [0.15, 0.2) is 41.2 Å². The van der Waals surface area contributed by atoms with Gasteiger partial charge in [0.2, 0.25) is 0 Å². The van der Waals surface area contributed by atoms with Crippen LogP contribution in [0, 0.1) is 0 Å². The molecule has 0 spiro atoms. The number of benzene rings is 2. The van der Waals surface area contributed by atoms with E-state index in [0.29, 0.717) is 24.4 Å². The lowest BCUT2D eigenvalue weighted by molar-refractivity contribution is 0.119. The van der Waals surface area contributed by atoms with Crippen LogP contribution in [0.2, 0.25) is 5.02 Å². The molecule has 28 heavy (non-hydrogen) atoms. The van der Waals surface area contributed by atoms with E-state index < -0.39 is 6.10 Å². The summed E-state index contributed by atoms with van der Waals surface area (Å²) in [4.78, 5) is 15.1. The third-order valence-electron chi connectivity index (χ3n) is 5.60. The molecule has 2 aromatic carbocycles. The van der Waals surface area contributed by atoms with Crippen molar-refractivity contribution in [1.29, 1.82) is 0 Å². The number of halogens is 1. The van der Waals surface area contributed by atoms with Crippen molar-refractivity contribution in [2.75, 3.05) is 0 Å². The molecule has 3 aromatic rings. The SMILES string of the molecule is CC(CCc1cccc(Cl)c1O)N[C@@H]1CCn2c(=O)[nH]c3cccc(c32)[C@H]1O. The third-order valence-corrected chi connectivity index (χ3v) is 5.91. The summed E-state index contributed by atoms with van der Waals surface area (Å²) in [6.45, 7) is 2.61. The van der Waals surface area contributed by atoms with Gasteiger partial charge < -0.3 is 20.5 Å². The molecule has 0 bridgehead atoms. The zero-order chi connectivity index (χ0) is 19.8. The van der Waals surface area contributed by atoms with Gasteiger partial charge in [-0.2, -0.15) is 0 Å². The summed E-state index contributed by atoms with van der Waals surface area (Å²) in [5.41, 5.74) is 2.99. The quantitative estimate of drug-likeness (QED) is 0.528. The zero-order valence-electron chi connectivity index (χ0n) is 15.7. The van der Waals surface area contributed by atoms with Gasteiger partial charge in [-0.3, -0.25) is 4.57 Å². The number of aromatic hydroxyl groups is 1. The van der Waals surface area contributed by atoms with E-state index in [1.165, 1.54) is 0 Å². The molecule has 0 aliphatic carbocycles. The first kappa shape index (κ1) is 19.1. The molecule has 1 unspecified atom stereocenters. The largest absolute Gasteiger partial charge is 0.506 e. The van der Waals surface area contributed by atoms with Crippen molar-refractivity contribution < 1.29 is 10.2 Å². The molecule has 3 atom stereocenters. The van der Waals surface area contributed by atoms with Crippen molar-refractivity contribution in [3.05, 3.63) is 63.0 Å². The second kappa shape index (κ2) is 7.62. The summed E-state index contributed by atoms with van der Waals surface area (Å²) < 4.78 is 1.71. The van der Waals surface area contributed by atoms with E-state index >= 15 is 0 Å². The van der Waals surface area contributed by atoms with Gasteiger partial charge in [0.05, 0.1) is 22.2 Å². The summed E-state index contributed by atoms with van der Waals surface area (Å²) in [7, 11) is 0. The Kier molecular flexibility index (Phi) is 5.19. The number of aromatic amines is 1. The van der Waals surface area contributed by atoms with Crippen LogP contribution in [0.25, 0.3) is 11.0 Å². The molecule has 0 saturated carbocycles. The van der Waals surface area contributed by atoms with Gasteiger partial charge in [0.25, 0.3) is 0 Å². The molecule has 1 aliphatic heterocycles. The molecule has 0 saturated heterocycles. The van der Waals surface area contributed by atoms with Crippen molar-refractivity contribution in [1.82, 2.24) is 14.9 Å². The normalized spacial score (nSPS) is 20.2. The summed E-state index contributed by atoms with van der Waals surface area (Å²) in [5, 5.41) is 24.9. The van der Waals surface area contributed by atoms with Crippen LogP contribution < -0.4 is 11.0 Å². The lowest BCUT2D eigenvalue weighted by Crippen LogP contribution is -2.41. The van der Waals surface area contributed by atoms with Crippen LogP contribution in [0.3, 0.4) is 0 Å². The molecule has 7 heteroatoms. The second-order valence-corrected chi connectivity index (χ2v) is 7.93. The number of imidazole rings is 1. The number of phenols is 1. The smallest absolute Gasteiger partial charge is 0.326 e. The minimum Gasteiger partial charge on any atom is -0.506 e. The monoisotopic (exact) mass is 401 g/mol. The number of para-hydroxylation sites is 2. The van der Waals surface area contributed by atoms with E-state index in [2.05, 4.69) is 17.2 Å². The first-order valence-electron chi connectivity index (χ1n) is 9.57. The highest BCUT2D eigenvalue weighted by Crippen LogP contribution is 2.31. The number of hydrogen-bond acceptors (Lipinski definition) is 4. The maximum absolute atomic E-state index is 12.2. The lowest BCUT2D eigenvalue weighted by Gasteiger charge is -2.26.